The summed E-state index contributed by atoms with van der Waals surface area (Å²) in [5, 5.41) is 0. The SMILES string of the molecule is COC(=O)c1c(N)cccc1CN(CC(N)=O)CC(C)C. The third-order valence-corrected chi connectivity index (χ3v) is 2.97. The number of methoxy groups -OCH3 is 1. The Morgan fingerprint density at radius 2 is 2.00 bits per heavy atom. The molecule has 0 saturated carbocycles. The van der Waals surface area contributed by atoms with E-state index in [4.69, 9.17) is 16.2 Å². The largest absolute Gasteiger partial charge is 0.465 e. The third kappa shape index (κ3) is 5.07. The van der Waals surface area contributed by atoms with Gasteiger partial charge in [0, 0.05) is 18.8 Å². The summed E-state index contributed by atoms with van der Waals surface area (Å²) >= 11 is 0. The van der Waals surface area contributed by atoms with Gasteiger partial charge >= 0.3 is 5.97 Å². The van der Waals surface area contributed by atoms with Crippen LogP contribution in [0.15, 0.2) is 18.2 Å². The molecule has 21 heavy (non-hydrogen) atoms. The molecule has 0 fully saturated rings. The second kappa shape index (κ2) is 7.64. The van der Waals surface area contributed by atoms with Crippen LogP contribution in [0.1, 0.15) is 29.8 Å². The molecule has 0 aromatic heterocycles. The van der Waals surface area contributed by atoms with E-state index in [1.54, 1.807) is 18.2 Å². The number of primary amides is 1. The van der Waals surface area contributed by atoms with Gasteiger partial charge in [-0.2, -0.15) is 0 Å². The standard InChI is InChI=1S/C15H23N3O3/c1-10(2)7-18(9-13(17)19)8-11-5-4-6-12(16)14(11)15(20)21-3/h4-6,10H,7-9,16H2,1-3H3,(H2,17,19). The summed E-state index contributed by atoms with van der Waals surface area (Å²) in [6.45, 7) is 5.34. The fraction of sp³-hybridized carbons (Fsp3) is 0.467. The lowest BCUT2D eigenvalue weighted by Crippen LogP contribution is -2.36. The van der Waals surface area contributed by atoms with E-state index >= 15 is 0 Å². The molecule has 1 aromatic rings. The van der Waals surface area contributed by atoms with Gasteiger partial charge in [-0.25, -0.2) is 4.79 Å². The molecule has 0 heterocycles. The van der Waals surface area contributed by atoms with Gasteiger partial charge in [0.05, 0.1) is 19.2 Å². The number of benzene rings is 1. The van der Waals surface area contributed by atoms with Crippen molar-refractivity contribution in [1.29, 1.82) is 0 Å². The Balaban J connectivity index is 3.05. The molecule has 1 aromatic carbocycles. The van der Waals surface area contributed by atoms with Crippen molar-refractivity contribution in [3.63, 3.8) is 0 Å². The molecule has 6 heteroatoms. The van der Waals surface area contributed by atoms with E-state index in [0.717, 1.165) is 5.56 Å². The predicted octanol–water partition coefficient (Wildman–Crippen LogP) is 0.999. The van der Waals surface area contributed by atoms with Gasteiger partial charge in [-0.15, -0.1) is 0 Å². The Morgan fingerprint density at radius 3 is 2.52 bits per heavy atom. The molecule has 0 aliphatic carbocycles. The molecule has 0 aliphatic heterocycles. The van der Waals surface area contributed by atoms with Gasteiger partial charge in [0.15, 0.2) is 0 Å². The van der Waals surface area contributed by atoms with Crippen molar-refractivity contribution in [2.45, 2.75) is 20.4 Å². The smallest absolute Gasteiger partial charge is 0.340 e. The van der Waals surface area contributed by atoms with E-state index < -0.39 is 11.9 Å². The minimum atomic E-state index is -0.480. The summed E-state index contributed by atoms with van der Waals surface area (Å²) < 4.78 is 4.77. The maximum Gasteiger partial charge on any atom is 0.340 e. The maximum absolute atomic E-state index is 11.9. The lowest BCUT2D eigenvalue weighted by Gasteiger charge is -2.24. The molecular weight excluding hydrogens is 270 g/mol. The topological polar surface area (TPSA) is 98.7 Å². The molecule has 0 spiro atoms. The fourth-order valence-corrected chi connectivity index (χ4v) is 2.27. The first-order chi connectivity index (χ1) is 9.85. The Kier molecular flexibility index (Phi) is 6.17. The van der Waals surface area contributed by atoms with Crippen molar-refractivity contribution >= 4 is 17.6 Å². The zero-order valence-corrected chi connectivity index (χ0v) is 12.8. The maximum atomic E-state index is 11.9. The highest BCUT2D eigenvalue weighted by atomic mass is 16.5. The lowest BCUT2D eigenvalue weighted by atomic mass is 10.0. The molecular formula is C15H23N3O3. The van der Waals surface area contributed by atoms with E-state index in [1.165, 1.54) is 7.11 Å². The van der Waals surface area contributed by atoms with Gasteiger partial charge in [-0.1, -0.05) is 26.0 Å². The number of amides is 1. The zero-order chi connectivity index (χ0) is 16.0. The molecule has 1 amide bonds. The molecule has 0 radical (unpaired) electrons. The predicted molar refractivity (Wildman–Crippen MR) is 81.5 cm³/mol. The first kappa shape index (κ1) is 17.0. The Hall–Kier alpha value is -2.08. The number of hydrogen-bond acceptors (Lipinski definition) is 5. The van der Waals surface area contributed by atoms with Crippen molar-refractivity contribution < 1.29 is 14.3 Å². The van der Waals surface area contributed by atoms with Crippen LogP contribution in [-0.2, 0) is 16.1 Å². The third-order valence-electron chi connectivity index (χ3n) is 2.97. The van der Waals surface area contributed by atoms with E-state index in [-0.39, 0.29) is 6.54 Å². The van der Waals surface area contributed by atoms with Crippen LogP contribution in [0.4, 0.5) is 5.69 Å². The van der Waals surface area contributed by atoms with Gasteiger partial charge < -0.3 is 16.2 Å². The zero-order valence-electron chi connectivity index (χ0n) is 12.8. The van der Waals surface area contributed by atoms with E-state index in [2.05, 4.69) is 13.8 Å². The lowest BCUT2D eigenvalue weighted by molar-refractivity contribution is -0.119. The van der Waals surface area contributed by atoms with E-state index in [9.17, 15) is 9.59 Å². The summed E-state index contributed by atoms with van der Waals surface area (Å²) in [6.07, 6.45) is 0. The number of anilines is 1. The van der Waals surface area contributed by atoms with Crippen LogP contribution in [0.25, 0.3) is 0 Å². The average Bonchev–Trinajstić information content (AvgIpc) is 2.36. The second-order valence-electron chi connectivity index (χ2n) is 5.40. The highest BCUT2D eigenvalue weighted by molar-refractivity contribution is 5.96. The molecule has 0 unspecified atom stereocenters. The van der Waals surface area contributed by atoms with E-state index in [0.29, 0.717) is 30.3 Å². The number of hydrogen-bond donors (Lipinski definition) is 2. The van der Waals surface area contributed by atoms with Crippen LogP contribution in [0.2, 0.25) is 0 Å². The van der Waals surface area contributed by atoms with Crippen LogP contribution in [0.3, 0.4) is 0 Å². The molecule has 0 aliphatic rings. The molecule has 0 atom stereocenters. The summed E-state index contributed by atoms with van der Waals surface area (Å²) in [4.78, 5) is 25.0. The van der Waals surface area contributed by atoms with Crippen LogP contribution in [-0.4, -0.2) is 37.0 Å². The van der Waals surface area contributed by atoms with Crippen molar-refractivity contribution in [3.05, 3.63) is 29.3 Å². The van der Waals surface area contributed by atoms with Gasteiger partial charge in [0.25, 0.3) is 0 Å². The van der Waals surface area contributed by atoms with Crippen LogP contribution < -0.4 is 11.5 Å². The molecule has 116 valence electrons. The molecule has 0 saturated heterocycles. The van der Waals surface area contributed by atoms with E-state index in [1.807, 2.05) is 4.90 Å². The number of carbonyl (C=O) groups excluding carboxylic acids is 2. The van der Waals surface area contributed by atoms with Crippen molar-refractivity contribution in [3.8, 4) is 0 Å². The number of nitrogen functional groups attached to an aromatic ring is 1. The van der Waals surface area contributed by atoms with Gasteiger partial charge in [-0.05, 0) is 17.5 Å². The summed E-state index contributed by atoms with van der Waals surface area (Å²) in [5.74, 6) is -0.516. The molecule has 1 rings (SSSR count). The highest BCUT2D eigenvalue weighted by Gasteiger charge is 2.19. The number of esters is 1. The van der Waals surface area contributed by atoms with Crippen LogP contribution in [0.5, 0.6) is 0 Å². The van der Waals surface area contributed by atoms with Crippen molar-refractivity contribution in [2.24, 2.45) is 11.7 Å². The van der Waals surface area contributed by atoms with Gasteiger partial charge in [0.1, 0.15) is 0 Å². The molecule has 6 nitrogen and oxygen atoms in total. The number of ether oxygens (including phenoxy) is 1. The first-order valence-corrected chi connectivity index (χ1v) is 6.81. The Bertz CT molecular complexity index is 515. The number of rotatable bonds is 7. The Morgan fingerprint density at radius 1 is 1.33 bits per heavy atom. The quantitative estimate of drug-likeness (QED) is 0.577. The fourth-order valence-electron chi connectivity index (χ4n) is 2.27. The van der Waals surface area contributed by atoms with Crippen molar-refractivity contribution in [1.82, 2.24) is 4.90 Å². The number of nitrogens with zero attached hydrogens (tertiary/aromatic N) is 1. The Labute approximate surface area is 125 Å². The highest BCUT2D eigenvalue weighted by Crippen LogP contribution is 2.20. The van der Waals surface area contributed by atoms with Crippen LogP contribution >= 0.6 is 0 Å². The molecule has 4 N–H and O–H groups in total. The number of carbonyl (C=O) groups is 2. The van der Waals surface area contributed by atoms with Crippen molar-refractivity contribution in [2.75, 3.05) is 25.9 Å². The summed E-state index contributed by atoms with van der Waals surface area (Å²) in [5.41, 5.74) is 12.6. The first-order valence-electron chi connectivity index (χ1n) is 6.81. The summed E-state index contributed by atoms with van der Waals surface area (Å²) in [7, 11) is 1.31. The minimum absolute atomic E-state index is 0.133. The van der Waals surface area contributed by atoms with Gasteiger partial charge in [-0.3, -0.25) is 9.69 Å². The average molecular weight is 293 g/mol. The second-order valence-corrected chi connectivity index (χ2v) is 5.40. The monoisotopic (exact) mass is 293 g/mol. The van der Waals surface area contributed by atoms with Gasteiger partial charge in [0.2, 0.25) is 5.91 Å². The van der Waals surface area contributed by atoms with Crippen LogP contribution in [0, 0.1) is 5.92 Å². The summed E-state index contributed by atoms with van der Waals surface area (Å²) in [6, 6.07) is 5.22. The molecule has 0 bridgehead atoms. The number of nitrogens with two attached hydrogens (primary N) is 2. The minimum Gasteiger partial charge on any atom is -0.465 e. The normalized spacial score (nSPS) is 10.9.